The topological polar surface area (TPSA) is 119 Å². The highest BCUT2D eigenvalue weighted by Crippen LogP contribution is 2.36. The van der Waals surface area contributed by atoms with Crippen molar-refractivity contribution >= 4 is 39.9 Å². The van der Waals surface area contributed by atoms with Crippen LogP contribution in [0.3, 0.4) is 0 Å². The molecule has 0 spiro atoms. The standard InChI is InChI=1S/C26H21ClF2N6O4S/c1-12-6-13(14-7-21(27)31-9-19(14)39-3)15(8-30-12)24(36)34-26-33-17-10-35(11-20(17)40-26)25(37)22-18(38-2)5-4-16(32-22)23(28)29/h4-9,23H,10-11H2,1-3H3,(H,33,34,36). The van der Waals surface area contributed by atoms with E-state index < -0.39 is 23.9 Å². The Bertz CT molecular complexity index is 1610. The molecule has 206 valence electrons. The molecule has 10 nitrogen and oxygen atoms in total. The van der Waals surface area contributed by atoms with Crippen LogP contribution in [0.1, 0.15) is 49.2 Å². The number of thiazole rings is 1. The Labute approximate surface area is 236 Å². The predicted molar refractivity (Wildman–Crippen MR) is 143 cm³/mol. The minimum atomic E-state index is -2.83. The van der Waals surface area contributed by atoms with Crippen LogP contribution in [0.5, 0.6) is 11.5 Å². The number of carbonyl (C=O) groups is 2. The molecule has 1 aliphatic heterocycles. The van der Waals surface area contributed by atoms with Crippen LogP contribution in [0, 0.1) is 6.92 Å². The molecule has 0 bridgehead atoms. The summed E-state index contributed by atoms with van der Waals surface area (Å²) in [5, 5.41) is 3.38. The zero-order chi connectivity index (χ0) is 28.6. The number of pyridine rings is 3. The molecule has 2 amide bonds. The van der Waals surface area contributed by atoms with Gasteiger partial charge in [0, 0.05) is 23.0 Å². The van der Waals surface area contributed by atoms with E-state index in [4.69, 9.17) is 21.1 Å². The smallest absolute Gasteiger partial charge is 0.280 e. The van der Waals surface area contributed by atoms with E-state index in [2.05, 4.69) is 25.3 Å². The van der Waals surface area contributed by atoms with Crippen molar-refractivity contribution in [3.63, 3.8) is 0 Å². The molecular formula is C26H21ClF2N6O4S. The van der Waals surface area contributed by atoms with Gasteiger partial charge >= 0.3 is 0 Å². The predicted octanol–water partition coefficient (Wildman–Crippen LogP) is 5.32. The van der Waals surface area contributed by atoms with Gasteiger partial charge in [-0.2, -0.15) is 0 Å². The molecular weight excluding hydrogens is 566 g/mol. The summed E-state index contributed by atoms with van der Waals surface area (Å²) in [5.74, 6) is -0.474. The number of hydrogen-bond donors (Lipinski definition) is 1. The normalized spacial score (nSPS) is 12.4. The summed E-state index contributed by atoms with van der Waals surface area (Å²) >= 11 is 7.33. The van der Waals surface area contributed by atoms with Crippen LogP contribution in [-0.2, 0) is 13.1 Å². The van der Waals surface area contributed by atoms with Crippen LogP contribution in [-0.4, -0.2) is 50.9 Å². The maximum absolute atomic E-state index is 13.3. The summed E-state index contributed by atoms with van der Waals surface area (Å²) in [6.07, 6.45) is 0.109. The number of ether oxygens (including phenoxy) is 2. The molecule has 1 aliphatic rings. The van der Waals surface area contributed by atoms with Crippen molar-refractivity contribution in [2.75, 3.05) is 19.5 Å². The Kier molecular flexibility index (Phi) is 7.59. The molecule has 4 aromatic heterocycles. The molecule has 0 fully saturated rings. The van der Waals surface area contributed by atoms with Gasteiger partial charge in [0.15, 0.2) is 10.8 Å². The molecule has 1 N–H and O–H groups in total. The number of methoxy groups -OCH3 is 2. The van der Waals surface area contributed by atoms with Crippen LogP contribution in [0.15, 0.2) is 36.7 Å². The number of fused-ring (bicyclic) bond motifs is 1. The van der Waals surface area contributed by atoms with Crippen molar-refractivity contribution in [2.24, 2.45) is 0 Å². The van der Waals surface area contributed by atoms with E-state index in [-0.39, 0.29) is 35.2 Å². The van der Waals surface area contributed by atoms with E-state index in [1.54, 1.807) is 19.1 Å². The van der Waals surface area contributed by atoms with Crippen molar-refractivity contribution in [1.82, 2.24) is 24.8 Å². The third kappa shape index (κ3) is 5.29. The number of alkyl halides is 2. The van der Waals surface area contributed by atoms with Gasteiger partial charge in [0.2, 0.25) is 0 Å². The fourth-order valence-corrected chi connectivity index (χ4v) is 5.35. The van der Waals surface area contributed by atoms with Gasteiger partial charge in [0.25, 0.3) is 18.2 Å². The van der Waals surface area contributed by atoms with Gasteiger partial charge < -0.3 is 14.4 Å². The van der Waals surface area contributed by atoms with E-state index >= 15 is 0 Å². The SMILES string of the molecule is COc1cnc(Cl)cc1-c1cc(C)ncc1C(=O)Nc1nc2c(s1)CN(C(=O)c1nc(C(F)F)ccc1OC)C2. The van der Waals surface area contributed by atoms with Crippen LogP contribution in [0.2, 0.25) is 5.15 Å². The van der Waals surface area contributed by atoms with E-state index in [0.717, 1.165) is 10.9 Å². The molecule has 0 atom stereocenters. The van der Waals surface area contributed by atoms with Gasteiger partial charge in [-0.05, 0) is 31.2 Å². The van der Waals surface area contributed by atoms with Gasteiger partial charge in [-0.3, -0.25) is 19.9 Å². The highest BCUT2D eigenvalue weighted by atomic mass is 35.5. The third-order valence-electron chi connectivity index (χ3n) is 6.12. The maximum Gasteiger partial charge on any atom is 0.280 e. The number of rotatable bonds is 7. The summed E-state index contributed by atoms with van der Waals surface area (Å²) < 4.78 is 36.9. The third-order valence-corrected chi connectivity index (χ3v) is 7.32. The lowest BCUT2D eigenvalue weighted by Crippen LogP contribution is -2.27. The fourth-order valence-electron chi connectivity index (χ4n) is 4.21. The summed E-state index contributed by atoms with van der Waals surface area (Å²) in [6, 6.07) is 5.77. The molecule has 5 heterocycles. The first-order valence-electron chi connectivity index (χ1n) is 11.8. The number of aromatic nitrogens is 4. The summed E-state index contributed by atoms with van der Waals surface area (Å²) in [6.45, 7) is 2.09. The number of nitrogens with zero attached hydrogens (tertiary/aromatic N) is 5. The highest BCUT2D eigenvalue weighted by molar-refractivity contribution is 7.16. The summed E-state index contributed by atoms with van der Waals surface area (Å²) in [7, 11) is 2.83. The Balaban J connectivity index is 1.35. The van der Waals surface area contributed by atoms with E-state index in [0.29, 0.717) is 33.4 Å². The second-order valence-corrected chi connectivity index (χ2v) is 10.1. The lowest BCUT2D eigenvalue weighted by Gasteiger charge is -2.17. The van der Waals surface area contributed by atoms with Gasteiger partial charge in [-0.25, -0.2) is 23.7 Å². The molecule has 0 unspecified atom stereocenters. The number of aryl methyl sites for hydroxylation is 1. The highest BCUT2D eigenvalue weighted by Gasteiger charge is 2.31. The first kappa shape index (κ1) is 27.3. The van der Waals surface area contributed by atoms with Crippen LogP contribution < -0.4 is 14.8 Å². The van der Waals surface area contributed by atoms with Gasteiger partial charge in [-0.15, -0.1) is 0 Å². The van der Waals surface area contributed by atoms with E-state index in [1.807, 2.05) is 0 Å². The van der Waals surface area contributed by atoms with Crippen LogP contribution in [0.25, 0.3) is 11.1 Å². The lowest BCUT2D eigenvalue weighted by molar-refractivity contribution is 0.0739. The van der Waals surface area contributed by atoms with Crippen LogP contribution in [0.4, 0.5) is 13.9 Å². The van der Waals surface area contributed by atoms with Crippen molar-refractivity contribution < 1.29 is 27.8 Å². The maximum atomic E-state index is 13.3. The number of carbonyl (C=O) groups excluding carboxylic acids is 2. The molecule has 4 aromatic rings. The zero-order valence-electron chi connectivity index (χ0n) is 21.4. The molecule has 0 saturated carbocycles. The Hall–Kier alpha value is -4.23. The second kappa shape index (κ2) is 11.1. The molecule has 40 heavy (non-hydrogen) atoms. The molecule has 0 aromatic carbocycles. The minimum absolute atomic E-state index is 0.0974. The van der Waals surface area contributed by atoms with Crippen molar-refractivity contribution in [3.8, 4) is 22.6 Å². The van der Waals surface area contributed by atoms with Gasteiger partial charge in [-0.1, -0.05) is 22.9 Å². The lowest BCUT2D eigenvalue weighted by atomic mass is 10.0. The van der Waals surface area contributed by atoms with Crippen molar-refractivity contribution in [2.45, 2.75) is 26.4 Å². The van der Waals surface area contributed by atoms with E-state index in [1.165, 1.54) is 48.9 Å². The largest absolute Gasteiger partial charge is 0.494 e. The molecule has 0 aliphatic carbocycles. The first-order chi connectivity index (χ1) is 19.2. The molecule has 0 radical (unpaired) electrons. The fraction of sp³-hybridized carbons (Fsp3) is 0.231. The van der Waals surface area contributed by atoms with Crippen LogP contribution >= 0.6 is 22.9 Å². The Morgan fingerprint density at radius 2 is 1.82 bits per heavy atom. The van der Waals surface area contributed by atoms with Gasteiger partial charge in [0.1, 0.15) is 22.3 Å². The number of anilines is 1. The zero-order valence-corrected chi connectivity index (χ0v) is 22.9. The Morgan fingerprint density at radius 3 is 2.52 bits per heavy atom. The number of amides is 2. The Morgan fingerprint density at radius 1 is 1.05 bits per heavy atom. The van der Waals surface area contributed by atoms with Crippen molar-refractivity contribution in [1.29, 1.82) is 0 Å². The van der Waals surface area contributed by atoms with Crippen molar-refractivity contribution in [3.05, 3.63) is 75.0 Å². The summed E-state index contributed by atoms with van der Waals surface area (Å²) in [5.41, 5.74) is 1.96. The number of nitrogens with one attached hydrogen (secondary N) is 1. The summed E-state index contributed by atoms with van der Waals surface area (Å²) in [4.78, 5) is 45.2. The minimum Gasteiger partial charge on any atom is -0.494 e. The van der Waals surface area contributed by atoms with E-state index in [9.17, 15) is 18.4 Å². The molecule has 0 saturated heterocycles. The monoisotopic (exact) mass is 586 g/mol. The average Bonchev–Trinajstić information content (AvgIpc) is 3.51. The van der Waals surface area contributed by atoms with Gasteiger partial charge in [0.05, 0.1) is 49.6 Å². The average molecular weight is 587 g/mol. The number of hydrogen-bond acceptors (Lipinski definition) is 9. The second-order valence-electron chi connectivity index (χ2n) is 8.67. The number of halogens is 3. The molecule has 14 heteroatoms. The molecule has 5 rings (SSSR count). The first-order valence-corrected chi connectivity index (χ1v) is 13.0. The quantitative estimate of drug-likeness (QED) is 0.289.